The Labute approximate surface area is 131 Å². The maximum Gasteiger partial charge on any atom is 0.301 e. The summed E-state index contributed by atoms with van der Waals surface area (Å²) < 4.78 is 5.86. The number of ether oxygens (including phenoxy) is 1. The predicted molar refractivity (Wildman–Crippen MR) is 82.6 cm³/mol. The number of rotatable bonds is 4. The van der Waals surface area contributed by atoms with Crippen LogP contribution in [0.15, 0.2) is 23.3 Å². The lowest BCUT2D eigenvalue weighted by atomic mass is 9.99. The Morgan fingerprint density at radius 3 is 2.74 bits per heavy atom. The first-order valence-corrected chi connectivity index (χ1v) is 7.45. The molecule has 9 nitrogen and oxygen atoms in total. The molecule has 2 fully saturated rings. The number of hydrazone groups is 1. The second-order valence-electron chi connectivity index (χ2n) is 5.65. The lowest BCUT2D eigenvalue weighted by molar-refractivity contribution is -0.393. The number of hydrogen-bond donors (Lipinski definition) is 1. The third-order valence-electron chi connectivity index (χ3n) is 4.15. The molecule has 2 heterocycles. The van der Waals surface area contributed by atoms with Crippen molar-refractivity contribution in [2.75, 3.05) is 5.43 Å². The zero-order valence-electron chi connectivity index (χ0n) is 12.3. The largest absolute Gasteiger partial charge is 0.369 e. The molecule has 1 N–H and O–H groups in total. The summed E-state index contributed by atoms with van der Waals surface area (Å²) in [6.07, 6.45) is 4.95. The number of benzene rings is 1. The Bertz CT molecular complexity index is 675. The molecule has 3 rings (SSSR count). The van der Waals surface area contributed by atoms with Crippen molar-refractivity contribution in [3.8, 4) is 0 Å². The summed E-state index contributed by atoms with van der Waals surface area (Å²) in [5, 5.41) is 26.1. The SMILES string of the molecule is O=[N+]([O-])c1ccc(N/N=C2/CCC[C@H]3CC[C@@H]2O3)c([N+](=O)[O-])c1. The van der Waals surface area contributed by atoms with Gasteiger partial charge in [-0.3, -0.25) is 25.7 Å². The van der Waals surface area contributed by atoms with Gasteiger partial charge in [0.05, 0.1) is 33.8 Å². The summed E-state index contributed by atoms with van der Waals surface area (Å²) in [4.78, 5) is 20.5. The van der Waals surface area contributed by atoms with Crippen LogP contribution in [0.5, 0.6) is 0 Å². The number of fused-ring (bicyclic) bond motifs is 2. The maximum atomic E-state index is 11.1. The van der Waals surface area contributed by atoms with Crippen LogP contribution < -0.4 is 5.43 Å². The number of nitrogens with zero attached hydrogens (tertiary/aromatic N) is 3. The zero-order valence-corrected chi connectivity index (χ0v) is 12.3. The second kappa shape index (κ2) is 6.29. The van der Waals surface area contributed by atoms with Crippen LogP contribution in [0.4, 0.5) is 17.1 Å². The van der Waals surface area contributed by atoms with Crippen molar-refractivity contribution >= 4 is 22.8 Å². The highest BCUT2D eigenvalue weighted by Gasteiger charge is 2.32. The van der Waals surface area contributed by atoms with E-state index in [-0.39, 0.29) is 23.2 Å². The molecule has 2 saturated heterocycles. The van der Waals surface area contributed by atoms with E-state index < -0.39 is 9.85 Å². The number of nitrogens with one attached hydrogen (secondary N) is 1. The van der Waals surface area contributed by atoms with Crippen LogP contribution in [0.2, 0.25) is 0 Å². The van der Waals surface area contributed by atoms with Crippen LogP contribution in [0.1, 0.15) is 32.1 Å². The Morgan fingerprint density at radius 1 is 1.17 bits per heavy atom. The molecule has 0 saturated carbocycles. The van der Waals surface area contributed by atoms with E-state index in [1.54, 1.807) is 0 Å². The third kappa shape index (κ3) is 3.29. The summed E-state index contributed by atoms with van der Waals surface area (Å²) in [5.41, 5.74) is 2.96. The van der Waals surface area contributed by atoms with Crippen molar-refractivity contribution in [2.45, 2.75) is 44.3 Å². The molecule has 9 heteroatoms. The molecule has 0 radical (unpaired) electrons. The molecule has 2 bridgehead atoms. The van der Waals surface area contributed by atoms with Gasteiger partial charge < -0.3 is 4.74 Å². The number of nitro groups is 2. The van der Waals surface area contributed by atoms with Crippen LogP contribution in [0.3, 0.4) is 0 Å². The van der Waals surface area contributed by atoms with Gasteiger partial charge in [-0.15, -0.1) is 0 Å². The first-order valence-electron chi connectivity index (χ1n) is 7.45. The van der Waals surface area contributed by atoms with Gasteiger partial charge in [0.25, 0.3) is 5.69 Å². The van der Waals surface area contributed by atoms with E-state index in [0.29, 0.717) is 6.10 Å². The van der Waals surface area contributed by atoms with E-state index in [9.17, 15) is 20.2 Å². The van der Waals surface area contributed by atoms with Crippen LogP contribution in [0.25, 0.3) is 0 Å². The van der Waals surface area contributed by atoms with Crippen molar-refractivity contribution in [3.05, 3.63) is 38.4 Å². The number of hydrogen-bond acceptors (Lipinski definition) is 7. The Hall–Kier alpha value is -2.55. The Balaban J connectivity index is 1.83. The molecule has 1 aromatic carbocycles. The minimum absolute atomic E-state index is 0.0351. The zero-order chi connectivity index (χ0) is 16.4. The highest BCUT2D eigenvalue weighted by Crippen LogP contribution is 2.31. The van der Waals surface area contributed by atoms with Crippen molar-refractivity contribution in [1.29, 1.82) is 0 Å². The van der Waals surface area contributed by atoms with Crippen molar-refractivity contribution < 1.29 is 14.6 Å². The Kier molecular flexibility index (Phi) is 4.20. The molecule has 0 aromatic heterocycles. The van der Waals surface area contributed by atoms with Gasteiger partial charge in [-0.25, -0.2) is 0 Å². The number of non-ortho nitro benzene ring substituents is 1. The smallest absolute Gasteiger partial charge is 0.301 e. The van der Waals surface area contributed by atoms with E-state index in [1.165, 1.54) is 12.1 Å². The fourth-order valence-electron chi connectivity index (χ4n) is 2.97. The van der Waals surface area contributed by atoms with Gasteiger partial charge in [-0.05, 0) is 38.2 Å². The fraction of sp³-hybridized carbons (Fsp3) is 0.500. The molecule has 2 aliphatic heterocycles. The van der Waals surface area contributed by atoms with Crippen molar-refractivity contribution in [2.24, 2.45) is 5.10 Å². The van der Waals surface area contributed by atoms with E-state index in [4.69, 9.17) is 4.74 Å². The second-order valence-corrected chi connectivity index (χ2v) is 5.65. The highest BCUT2D eigenvalue weighted by molar-refractivity contribution is 5.90. The molecule has 0 aliphatic carbocycles. The highest BCUT2D eigenvalue weighted by atomic mass is 16.6. The molecule has 2 aliphatic rings. The number of nitro benzene ring substituents is 2. The molecule has 0 unspecified atom stereocenters. The first kappa shape index (κ1) is 15.3. The molecule has 23 heavy (non-hydrogen) atoms. The standard InChI is InChI=1S/C14H16N4O5/c19-17(20)9-4-6-11(13(8-9)18(21)22)15-16-12-3-1-2-10-5-7-14(12)23-10/h4,6,8,10,14-15H,1-3,5,7H2/b16-12-/t10-,14-/m0/s1. The topological polar surface area (TPSA) is 120 Å². The van der Waals surface area contributed by atoms with Gasteiger partial charge in [0.15, 0.2) is 0 Å². The van der Waals surface area contributed by atoms with Gasteiger partial charge in [0.1, 0.15) is 5.69 Å². The van der Waals surface area contributed by atoms with Crippen molar-refractivity contribution in [1.82, 2.24) is 0 Å². The van der Waals surface area contributed by atoms with Gasteiger partial charge in [0.2, 0.25) is 0 Å². The van der Waals surface area contributed by atoms with Gasteiger partial charge in [-0.1, -0.05) is 0 Å². The predicted octanol–water partition coefficient (Wildman–Crippen LogP) is 3.00. The van der Waals surface area contributed by atoms with Crippen LogP contribution in [-0.2, 0) is 4.74 Å². The molecule has 0 amide bonds. The number of anilines is 1. The fourth-order valence-corrected chi connectivity index (χ4v) is 2.97. The van der Waals surface area contributed by atoms with Gasteiger partial charge >= 0.3 is 5.69 Å². The third-order valence-corrected chi connectivity index (χ3v) is 4.15. The molecular formula is C14H16N4O5. The van der Waals surface area contributed by atoms with Crippen LogP contribution in [-0.4, -0.2) is 27.8 Å². The summed E-state index contributed by atoms with van der Waals surface area (Å²) >= 11 is 0. The molecule has 1 aromatic rings. The van der Waals surface area contributed by atoms with Gasteiger partial charge in [-0.2, -0.15) is 5.10 Å². The van der Waals surface area contributed by atoms with Crippen LogP contribution in [0, 0.1) is 20.2 Å². The van der Waals surface area contributed by atoms with Gasteiger partial charge in [0, 0.05) is 6.07 Å². The minimum Gasteiger partial charge on any atom is -0.369 e. The average Bonchev–Trinajstić information content (AvgIpc) is 2.88. The summed E-state index contributed by atoms with van der Waals surface area (Å²) in [5.74, 6) is 0. The molecular weight excluding hydrogens is 304 g/mol. The van der Waals surface area contributed by atoms with E-state index in [1.807, 2.05) is 0 Å². The monoisotopic (exact) mass is 320 g/mol. The quantitative estimate of drug-likeness (QED) is 0.672. The molecule has 0 spiro atoms. The van der Waals surface area contributed by atoms with Crippen LogP contribution >= 0.6 is 0 Å². The maximum absolute atomic E-state index is 11.1. The van der Waals surface area contributed by atoms with E-state index >= 15 is 0 Å². The van der Waals surface area contributed by atoms with Crippen molar-refractivity contribution in [3.63, 3.8) is 0 Å². The van der Waals surface area contributed by atoms with E-state index in [0.717, 1.165) is 43.9 Å². The lowest BCUT2D eigenvalue weighted by Gasteiger charge is -2.11. The lowest BCUT2D eigenvalue weighted by Crippen LogP contribution is -2.20. The van der Waals surface area contributed by atoms with E-state index in [2.05, 4.69) is 10.5 Å². The molecule has 122 valence electrons. The summed E-state index contributed by atoms with van der Waals surface area (Å²) in [7, 11) is 0. The minimum atomic E-state index is -0.666. The summed E-state index contributed by atoms with van der Waals surface area (Å²) in [6, 6.07) is 3.44. The molecule has 2 atom stereocenters. The normalized spacial score (nSPS) is 25.1. The average molecular weight is 320 g/mol. The first-order chi connectivity index (χ1) is 11.0. The Morgan fingerprint density at radius 2 is 2.00 bits per heavy atom. The summed E-state index contributed by atoms with van der Waals surface area (Å²) in [6.45, 7) is 0.